The molecule has 0 unspecified atom stereocenters. The van der Waals surface area contributed by atoms with Crippen LogP contribution in [-0.2, 0) is 20.8 Å². The number of nitrogens with zero attached hydrogens (tertiary/aromatic N) is 3. The van der Waals surface area contributed by atoms with Crippen LogP contribution in [0, 0.1) is 0 Å². The van der Waals surface area contributed by atoms with Crippen molar-refractivity contribution in [2.45, 2.75) is 12.8 Å². The summed E-state index contributed by atoms with van der Waals surface area (Å²) in [5, 5.41) is 3.31. The number of carbonyl (C=O) groups excluding carboxylic acids is 3. The van der Waals surface area contributed by atoms with Gasteiger partial charge in [-0.05, 0) is 36.6 Å². The molecule has 2 aromatic carbocycles. The minimum Gasteiger partial charge on any atom is -0.337 e. The average molecular weight is 467 g/mol. The van der Waals surface area contributed by atoms with Gasteiger partial charge in [0.25, 0.3) is 5.91 Å². The number of para-hydroxylation sites is 2. The second-order valence-electron chi connectivity index (χ2n) is 8.18. The number of halogens is 1. The van der Waals surface area contributed by atoms with Crippen LogP contribution in [0.4, 0.5) is 11.4 Å². The fraction of sp³-hybridized carbons (Fsp3) is 0.320. The topological polar surface area (TPSA) is 73.0 Å². The van der Waals surface area contributed by atoms with E-state index in [2.05, 4.69) is 5.32 Å². The van der Waals surface area contributed by atoms with Gasteiger partial charge in [0.2, 0.25) is 11.8 Å². The number of hydrogen-bond donors (Lipinski definition) is 1. The van der Waals surface area contributed by atoms with E-state index in [0.717, 1.165) is 24.1 Å². The summed E-state index contributed by atoms with van der Waals surface area (Å²) in [4.78, 5) is 43.0. The van der Waals surface area contributed by atoms with Crippen molar-refractivity contribution in [2.75, 3.05) is 49.5 Å². The molecule has 0 atom stereocenters. The summed E-state index contributed by atoms with van der Waals surface area (Å²) in [7, 11) is 0. The molecule has 1 fully saturated rings. The standard InChI is InChI=1S/C25H27ClN4O3/c26-20-8-2-3-9-21(20)27-23(31)18-28-14-16-29(17-15-28)24(32)11-12-25(33)30-13-5-7-19-6-1-4-10-22(19)30/h1-4,6,8-12H,5,7,13-18H2,(H,27,31)/b12-11+. The zero-order chi connectivity index (χ0) is 23.2. The number of anilines is 2. The number of benzene rings is 2. The molecule has 0 aliphatic carbocycles. The number of piperazine rings is 1. The maximum absolute atomic E-state index is 12.7. The van der Waals surface area contributed by atoms with Crippen LogP contribution in [-0.4, -0.2) is 66.8 Å². The van der Waals surface area contributed by atoms with Gasteiger partial charge in [0.05, 0.1) is 17.3 Å². The third-order valence-electron chi connectivity index (χ3n) is 5.94. The Bertz CT molecular complexity index is 1060. The van der Waals surface area contributed by atoms with Gasteiger partial charge in [0, 0.05) is 50.6 Å². The quantitative estimate of drug-likeness (QED) is 0.688. The Labute approximate surface area is 198 Å². The highest BCUT2D eigenvalue weighted by Gasteiger charge is 2.23. The van der Waals surface area contributed by atoms with Crippen molar-refractivity contribution >= 4 is 40.7 Å². The minimum atomic E-state index is -0.186. The molecule has 4 rings (SSSR count). The number of rotatable bonds is 5. The molecular weight excluding hydrogens is 440 g/mol. The van der Waals surface area contributed by atoms with Gasteiger partial charge in [0.15, 0.2) is 0 Å². The van der Waals surface area contributed by atoms with E-state index in [9.17, 15) is 14.4 Å². The summed E-state index contributed by atoms with van der Waals surface area (Å²) in [6.45, 7) is 3.07. The average Bonchev–Trinajstić information content (AvgIpc) is 2.84. The summed E-state index contributed by atoms with van der Waals surface area (Å²) >= 11 is 6.09. The Morgan fingerprint density at radius 3 is 2.36 bits per heavy atom. The summed E-state index contributed by atoms with van der Waals surface area (Å²) in [5.74, 6) is -0.505. The molecule has 0 spiro atoms. The largest absolute Gasteiger partial charge is 0.337 e. The first-order valence-corrected chi connectivity index (χ1v) is 11.5. The fourth-order valence-electron chi connectivity index (χ4n) is 4.18. The molecule has 33 heavy (non-hydrogen) atoms. The van der Waals surface area contributed by atoms with E-state index in [1.54, 1.807) is 21.9 Å². The summed E-state index contributed by atoms with van der Waals surface area (Å²) in [5.41, 5.74) is 2.67. The predicted octanol–water partition coefficient (Wildman–Crippen LogP) is 2.96. The van der Waals surface area contributed by atoms with E-state index in [-0.39, 0.29) is 24.3 Å². The van der Waals surface area contributed by atoms with Crippen LogP contribution in [0.2, 0.25) is 5.02 Å². The summed E-state index contributed by atoms with van der Waals surface area (Å²) < 4.78 is 0. The fourth-order valence-corrected chi connectivity index (χ4v) is 4.37. The highest BCUT2D eigenvalue weighted by atomic mass is 35.5. The van der Waals surface area contributed by atoms with E-state index < -0.39 is 0 Å². The molecule has 0 bridgehead atoms. The lowest BCUT2D eigenvalue weighted by atomic mass is 10.0. The van der Waals surface area contributed by atoms with Crippen molar-refractivity contribution in [1.82, 2.24) is 9.80 Å². The van der Waals surface area contributed by atoms with Crippen molar-refractivity contribution in [2.24, 2.45) is 0 Å². The van der Waals surface area contributed by atoms with E-state index in [1.165, 1.54) is 12.2 Å². The van der Waals surface area contributed by atoms with Gasteiger partial charge in [-0.25, -0.2) is 0 Å². The molecule has 0 aromatic heterocycles. The summed E-state index contributed by atoms with van der Waals surface area (Å²) in [6, 6.07) is 15.0. The molecule has 0 saturated carbocycles. The molecule has 1 saturated heterocycles. The van der Waals surface area contributed by atoms with Crippen molar-refractivity contribution in [3.63, 3.8) is 0 Å². The van der Waals surface area contributed by atoms with Gasteiger partial charge in [-0.2, -0.15) is 0 Å². The number of fused-ring (bicyclic) bond motifs is 1. The molecule has 2 aliphatic rings. The van der Waals surface area contributed by atoms with E-state index in [4.69, 9.17) is 11.6 Å². The molecule has 7 nitrogen and oxygen atoms in total. The number of carbonyl (C=O) groups is 3. The monoisotopic (exact) mass is 466 g/mol. The molecule has 2 heterocycles. The van der Waals surface area contributed by atoms with E-state index >= 15 is 0 Å². The molecule has 2 aliphatic heterocycles. The Hall–Kier alpha value is -3.16. The van der Waals surface area contributed by atoms with Crippen molar-refractivity contribution < 1.29 is 14.4 Å². The second kappa shape index (κ2) is 10.6. The van der Waals surface area contributed by atoms with Crippen molar-refractivity contribution in [3.8, 4) is 0 Å². The zero-order valence-corrected chi connectivity index (χ0v) is 19.1. The highest BCUT2D eigenvalue weighted by molar-refractivity contribution is 6.33. The van der Waals surface area contributed by atoms with Crippen LogP contribution < -0.4 is 10.2 Å². The molecule has 1 N–H and O–H groups in total. The van der Waals surface area contributed by atoms with Crippen LogP contribution in [0.1, 0.15) is 12.0 Å². The third kappa shape index (κ3) is 5.80. The highest BCUT2D eigenvalue weighted by Crippen LogP contribution is 2.26. The van der Waals surface area contributed by atoms with E-state index in [0.29, 0.717) is 43.4 Å². The third-order valence-corrected chi connectivity index (χ3v) is 6.27. The van der Waals surface area contributed by atoms with Gasteiger partial charge in [0.1, 0.15) is 0 Å². The molecule has 2 aromatic rings. The predicted molar refractivity (Wildman–Crippen MR) is 129 cm³/mol. The van der Waals surface area contributed by atoms with Gasteiger partial charge in [-0.1, -0.05) is 41.9 Å². The molecular formula is C25H27ClN4O3. The Morgan fingerprint density at radius 2 is 1.58 bits per heavy atom. The minimum absolute atomic E-state index is 0.143. The Morgan fingerprint density at radius 1 is 0.879 bits per heavy atom. The first-order valence-electron chi connectivity index (χ1n) is 11.1. The first kappa shape index (κ1) is 23.0. The number of nitrogens with one attached hydrogen (secondary N) is 1. The van der Waals surface area contributed by atoms with Crippen LogP contribution in [0.3, 0.4) is 0 Å². The molecule has 3 amide bonds. The van der Waals surface area contributed by atoms with E-state index in [1.807, 2.05) is 41.3 Å². The van der Waals surface area contributed by atoms with Gasteiger partial charge in [-0.3, -0.25) is 19.3 Å². The van der Waals surface area contributed by atoms with Crippen LogP contribution in [0.15, 0.2) is 60.7 Å². The molecule has 8 heteroatoms. The maximum atomic E-state index is 12.7. The second-order valence-corrected chi connectivity index (χ2v) is 8.59. The lowest BCUT2D eigenvalue weighted by molar-refractivity contribution is -0.128. The van der Waals surface area contributed by atoms with Crippen molar-refractivity contribution in [3.05, 3.63) is 71.3 Å². The van der Waals surface area contributed by atoms with Gasteiger partial charge >= 0.3 is 0 Å². The maximum Gasteiger partial charge on any atom is 0.251 e. The van der Waals surface area contributed by atoms with Crippen LogP contribution in [0.5, 0.6) is 0 Å². The van der Waals surface area contributed by atoms with Gasteiger partial charge in [-0.15, -0.1) is 0 Å². The number of aryl methyl sites for hydroxylation is 1. The molecule has 0 radical (unpaired) electrons. The lowest BCUT2D eigenvalue weighted by Gasteiger charge is -2.33. The lowest BCUT2D eigenvalue weighted by Crippen LogP contribution is -2.50. The first-order chi connectivity index (χ1) is 16.0. The van der Waals surface area contributed by atoms with Gasteiger partial charge < -0.3 is 15.1 Å². The summed E-state index contributed by atoms with van der Waals surface area (Å²) in [6.07, 6.45) is 4.60. The zero-order valence-electron chi connectivity index (χ0n) is 18.4. The Kier molecular flexibility index (Phi) is 7.42. The molecule has 172 valence electrons. The van der Waals surface area contributed by atoms with Crippen LogP contribution in [0.25, 0.3) is 0 Å². The number of amides is 3. The SMILES string of the molecule is O=C(CN1CCN(C(=O)/C=C/C(=O)N2CCCc3ccccc32)CC1)Nc1ccccc1Cl. The normalized spacial score (nSPS) is 16.5. The van der Waals surface area contributed by atoms with Crippen molar-refractivity contribution in [1.29, 1.82) is 0 Å². The smallest absolute Gasteiger partial charge is 0.251 e. The Balaban J connectivity index is 1.25. The van der Waals surface area contributed by atoms with Crippen LogP contribution >= 0.6 is 11.6 Å². The number of hydrogen-bond acceptors (Lipinski definition) is 4.